The maximum absolute atomic E-state index is 13.9. The van der Waals surface area contributed by atoms with E-state index < -0.39 is 12.0 Å². The molecule has 0 spiro atoms. The maximum atomic E-state index is 13.9. The van der Waals surface area contributed by atoms with Gasteiger partial charge in [-0.2, -0.15) is 0 Å². The summed E-state index contributed by atoms with van der Waals surface area (Å²) in [6.07, 6.45) is 4.14. The van der Waals surface area contributed by atoms with E-state index in [1.807, 2.05) is 52.0 Å². The van der Waals surface area contributed by atoms with Gasteiger partial charge in [0.2, 0.25) is 11.8 Å². The van der Waals surface area contributed by atoms with Crippen molar-refractivity contribution in [1.82, 2.24) is 25.3 Å². The molecular weight excluding hydrogens is 550 g/mol. The largest absolute Gasteiger partial charge is 0.474 e. The number of aliphatic hydroxyl groups excluding tert-OH is 1. The molecule has 4 heterocycles. The summed E-state index contributed by atoms with van der Waals surface area (Å²) in [7, 11) is 0. The molecule has 0 aliphatic carbocycles. The molecule has 0 radical (unpaired) electrons. The summed E-state index contributed by atoms with van der Waals surface area (Å²) in [5, 5.41) is 16.9. The lowest BCUT2D eigenvalue weighted by Gasteiger charge is -2.29. The molecule has 11 heteroatoms. The zero-order chi connectivity index (χ0) is 30.5. The molecule has 0 bridgehead atoms. The third-order valence-electron chi connectivity index (χ3n) is 8.58. The molecule has 2 aliphatic rings. The molecule has 11 nitrogen and oxygen atoms in total. The van der Waals surface area contributed by atoms with E-state index in [4.69, 9.17) is 13.7 Å². The van der Waals surface area contributed by atoms with Crippen LogP contribution in [0.1, 0.15) is 75.4 Å². The molecule has 1 aromatic carbocycles. The Bertz CT molecular complexity index is 1360. The van der Waals surface area contributed by atoms with E-state index in [2.05, 4.69) is 20.4 Å². The summed E-state index contributed by atoms with van der Waals surface area (Å²) in [5.74, 6) is 0.572. The lowest BCUT2D eigenvalue weighted by molar-refractivity contribution is -0.141. The number of amides is 2. The Labute approximate surface area is 252 Å². The number of oxazole rings is 1. The first-order valence-corrected chi connectivity index (χ1v) is 15.3. The molecule has 0 saturated carbocycles. The van der Waals surface area contributed by atoms with Crippen LogP contribution in [0.15, 0.2) is 45.7 Å². The van der Waals surface area contributed by atoms with E-state index >= 15 is 0 Å². The van der Waals surface area contributed by atoms with E-state index in [-0.39, 0.29) is 29.9 Å². The average molecular weight is 594 g/mol. The third-order valence-corrected chi connectivity index (χ3v) is 8.58. The van der Waals surface area contributed by atoms with Gasteiger partial charge in [-0.1, -0.05) is 38.1 Å². The topological polar surface area (TPSA) is 134 Å². The first-order chi connectivity index (χ1) is 20.7. The highest BCUT2D eigenvalue weighted by Gasteiger charge is 2.40. The number of nitrogens with zero attached hydrogens (tertiary/aromatic N) is 4. The number of likely N-dealkylation sites (tertiary alicyclic amines) is 2. The zero-order valence-corrected chi connectivity index (χ0v) is 25.5. The first-order valence-electron chi connectivity index (χ1n) is 15.3. The van der Waals surface area contributed by atoms with Gasteiger partial charge in [0.15, 0.2) is 17.9 Å². The molecule has 2 fully saturated rings. The number of benzene rings is 1. The van der Waals surface area contributed by atoms with Gasteiger partial charge in [0.05, 0.1) is 17.8 Å². The van der Waals surface area contributed by atoms with E-state index in [1.54, 1.807) is 11.0 Å². The van der Waals surface area contributed by atoms with Gasteiger partial charge in [-0.15, -0.1) is 0 Å². The molecular formula is C32H43N5O6. The van der Waals surface area contributed by atoms with Gasteiger partial charge >= 0.3 is 0 Å². The number of carbonyl (C=O) groups is 2. The van der Waals surface area contributed by atoms with Crippen LogP contribution in [0.3, 0.4) is 0 Å². The van der Waals surface area contributed by atoms with Crippen molar-refractivity contribution in [1.29, 1.82) is 0 Å². The Morgan fingerprint density at radius 3 is 2.53 bits per heavy atom. The van der Waals surface area contributed by atoms with Gasteiger partial charge in [0.1, 0.15) is 18.6 Å². The molecule has 2 amide bonds. The predicted molar refractivity (Wildman–Crippen MR) is 159 cm³/mol. The number of hydrogen-bond acceptors (Lipinski definition) is 9. The van der Waals surface area contributed by atoms with Crippen molar-refractivity contribution in [3.8, 4) is 17.2 Å². The van der Waals surface area contributed by atoms with Crippen molar-refractivity contribution in [3.63, 3.8) is 0 Å². The molecule has 2 aliphatic heterocycles. The van der Waals surface area contributed by atoms with Crippen molar-refractivity contribution >= 4 is 11.8 Å². The van der Waals surface area contributed by atoms with E-state index in [0.29, 0.717) is 31.2 Å². The van der Waals surface area contributed by atoms with Gasteiger partial charge in [-0.3, -0.25) is 14.5 Å². The minimum atomic E-state index is -0.577. The maximum Gasteiger partial charge on any atom is 0.254 e. The van der Waals surface area contributed by atoms with Gasteiger partial charge in [-0.05, 0) is 56.2 Å². The van der Waals surface area contributed by atoms with Crippen molar-refractivity contribution in [2.24, 2.45) is 5.92 Å². The number of aromatic nitrogens is 2. The molecule has 3 aromatic rings. The minimum absolute atomic E-state index is 0.0668. The minimum Gasteiger partial charge on any atom is -0.474 e. The fraction of sp³-hybridized carbons (Fsp3) is 0.562. The quantitative estimate of drug-likeness (QED) is 0.337. The Morgan fingerprint density at radius 2 is 1.86 bits per heavy atom. The average Bonchev–Trinajstić information content (AvgIpc) is 3.76. The highest BCUT2D eigenvalue weighted by Crippen LogP contribution is 2.32. The monoisotopic (exact) mass is 593 g/mol. The number of aryl methyl sites for hydroxylation is 1. The standard InChI is InChI=1S/C32H43N5O6/c1-20(2)29(27-18-28(35-43-27)41-17-16-36-14-11-25(38)12-15-36)32(40)37-13-5-6-26(37)31(39)34-21(3)23-7-9-24(10-8-23)30-22(4)33-19-42-30/h7-10,18-21,25-26,29,38H,5-6,11-17H2,1-4H3,(H,34,39)/t21?,26-,29+/m0/s1. The van der Waals surface area contributed by atoms with Crippen LogP contribution < -0.4 is 10.1 Å². The Balaban J connectivity index is 1.18. The highest BCUT2D eigenvalue weighted by atomic mass is 16.5. The van der Waals surface area contributed by atoms with Crippen molar-refractivity contribution in [2.75, 3.05) is 32.8 Å². The summed E-state index contributed by atoms with van der Waals surface area (Å²) < 4.78 is 16.9. The third kappa shape index (κ3) is 7.27. The summed E-state index contributed by atoms with van der Waals surface area (Å²) >= 11 is 0. The molecule has 2 aromatic heterocycles. The van der Waals surface area contributed by atoms with Gasteiger partial charge in [0.25, 0.3) is 5.88 Å². The van der Waals surface area contributed by atoms with E-state index in [9.17, 15) is 14.7 Å². The number of aliphatic hydroxyl groups is 1. The number of nitrogens with one attached hydrogen (secondary N) is 1. The van der Waals surface area contributed by atoms with E-state index in [0.717, 1.165) is 61.5 Å². The van der Waals surface area contributed by atoms with Crippen molar-refractivity contribution < 1.29 is 28.4 Å². The van der Waals surface area contributed by atoms with Gasteiger partial charge in [0, 0.05) is 37.8 Å². The van der Waals surface area contributed by atoms with Gasteiger partial charge in [-0.25, -0.2) is 4.98 Å². The SMILES string of the molecule is Cc1ncoc1-c1ccc(C(C)NC(=O)[C@@H]2CCCN2C(=O)[C@@H](c2cc(OCCN3CCC(O)CC3)no2)C(C)C)cc1. The molecule has 43 heavy (non-hydrogen) atoms. The fourth-order valence-corrected chi connectivity index (χ4v) is 6.02. The van der Waals surface area contributed by atoms with Crippen LogP contribution in [-0.2, 0) is 9.59 Å². The number of carbonyl (C=O) groups excluding carboxylic acids is 2. The van der Waals surface area contributed by atoms with Crippen LogP contribution in [0, 0.1) is 12.8 Å². The molecule has 2 N–H and O–H groups in total. The smallest absolute Gasteiger partial charge is 0.254 e. The van der Waals surface area contributed by atoms with Crippen molar-refractivity contribution in [3.05, 3.63) is 53.7 Å². The number of ether oxygens (including phenoxy) is 1. The lowest BCUT2D eigenvalue weighted by Crippen LogP contribution is -2.48. The van der Waals surface area contributed by atoms with Gasteiger partial charge < -0.3 is 29.0 Å². The Morgan fingerprint density at radius 1 is 1.12 bits per heavy atom. The van der Waals surface area contributed by atoms with Crippen LogP contribution in [0.25, 0.3) is 11.3 Å². The second kappa shape index (κ2) is 13.7. The normalized spacial score (nSPS) is 19.5. The predicted octanol–water partition coefficient (Wildman–Crippen LogP) is 4.08. The fourth-order valence-electron chi connectivity index (χ4n) is 6.02. The van der Waals surface area contributed by atoms with Crippen LogP contribution >= 0.6 is 0 Å². The number of piperidine rings is 1. The summed E-state index contributed by atoms with van der Waals surface area (Å²) in [4.78, 5) is 35.4. The Kier molecular flexibility index (Phi) is 9.82. The highest BCUT2D eigenvalue weighted by molar-refractivity contribution is 5.91. The van der Waals surface area contributed by atoms with Crippen LogP contribution in [0.4, 0.5) is 0 Å². The van der Waals surface area contributed by atoms with Crippen LogP contribution in [-0.4, -0.2) is 81.8 Å². The molecule has 5 rings (SSSR count). The second-order valence-corrected chi connectivity index (χ2v) is 12.0. The molecule has 2 saturated heterocycles. The second-order valence-electron chi connectivity index (χ2n) is 12.0. The summed E-state index contributed by atoms with van der Waals surface area (Å²) in [6.45, 7) is 11.1. The number of hydrogen-bond donors (Lipinski definition) is 2. The zero-order valence-electron chi connectivity index (χ0n) is 25.5. The molecule has 232 valence electrons. The Hall–Kier alpha value is -3.70. The van der Waals surface area contributed by atoms with Crippen molar-refractivity contribution in [2.45, 2.75) is 77.5 Å². The molecule has 1 unspecified atom stereocenters. The first kappa shape index (κ1) is 30.7. The number of rotatable bonds is 11. The van der Waals surface area contributed by atoms with E-state index in [1.165, 1.54) is 6.39 Å². The summed E-state index contributed by atoms with van der Waals surface area (Å²) in [5.41, 5.74) is 2.70. The summed E-state index contributed by atoms with van der Waals surface area (Å²) in [6, 6.07) is 8.76. The van der Waals surface area contributed by atoms with Crippen LogP contribution in [0.2, 0.25) is 0 Å². The molecule has 3 atom stereocenters. The lowest BCUT2D eigenvalue weighted by atomic mass is 9.91. The van der Waals surface area contributed by atoms with Crippen LogP contribution in [0.5, 0.6) is 5.88 Å².